The van der Waals surface area contributed by atoms with Crippen LogP contribution in [-0.2, 0) is 0 Å². The van der Waals surface area contributed by atoms with E-state index < -0.39 is 0 Å². The van der Waals surface area contributed by atoms with Crippen molar-refractivity contribution in [1.82, 2.24) is 20.4 Å². The molecule has 1 aliphatic rings. The molecular weight excluding hydrogens is 403 g/mol. The molecule has 1 aromatic carbocycles. The molecule has 2 N–H and O–H groups in total. The van der Waals surface area contributed by atoms with Crippen molar-refractivity contribution in [3.05, 3.63) is 45.9 Å². The quantitative estimate of drug-likeness (QED) is 0.657. The first-order valence-corrected chi connectivity index (χ1v) is 10.00. The van der Waals surface area contributed by atoms with E-state index in [1.54, 1.807) is 0 Å². The Balaban J connectivity index is 0.00000210. The number of rotatable bonds is 3. The zero-order chi connectivity index (χ0) is 18.3. The average molecular weight is 425 g/mol. The molecule has 0 aliphatic carbocycles. The van der Waals surface area contributed by atoms with Crippen LogP contribution in [-0.4, -0.2) is 34.3 Å². The fourth-order valence-electron chi connectivity index (χ4n) is 3.44. The second-order valence-electron chi connectivity index (χ2n) is 6.85. The van der Waals surface area contributed by atoms with E-state index in [1.165, 1.54) is 11.3 Å². The van der Waals surface area contributed by atoms with Crippen molar-refractivity contribution in [1.29, 1.82) is 0 Å². The number of amides is 1. The van der Waals surface area contributed by atoms with E-state index in [9.17, 15) is 4.79 Å². The molecule has 2 atom stereocenters. The lowest BCUT2D eigenvalue weighted by atomic mass is 10.0. The van der Waals surface area contributed by atoms with Crippen LogP contribution in [0.2, 0.25) is 5.02 Å². The van der Waals surface area contributed by atoms with Gasteiger partial charge in [0, 0.05) is 22.5 Å². The minimum Gasteiger partial charge on any atom is -0.349 e. The van der Waals surface area contributed by atoms with Crippen molar-refractivity contribution in [2.75, 3.05) is 6.54 Å². The number of nitrogens with zero attached hydrogens (tertiary/aromatic N) is 2. The second-order valence-corrected chi connectivity index (χ2v) is 8.32. The third-order valence-electron chi connectivity index (χ3n) is 4.80. The van der Waals surface area contributed by atoms with Gasteiger partial charge in [0.15, 0.2) is 0 Å². The van der Waals surface area contributed by atoms with E-state index in [0.29, 0.717) is 11.1 Å². The van der Waals surface area contributed by atoms with Gasteiger partial charge in [-0.3, -0.25) is 4.79 Å². The first-order chi connectivity index (χ1) is 12.5. The summed E-state index contributed by atoms with van der Waals surface area (Å²) < 4.78 is 1.88. The molecule has 0 radical (unpaired) electrons. The topological polar surface area (TPSA) is 59.0 Å². The van der Waals surface area contributed by atoms with Gasteiger partial charge in [-0.1, -0.05) is 11.6 Å². The molecule has 0 spiro atoms. The summed E-state index contributed by atoms with van der Waals surface area (Å²) >= 11 is 7.47. The highest BCUT2D eigenvalue weighted by Gasteiger charge is 2.22. The summed E-state index contributed by atoms with van der Waals surface area (Å²) in [6.45, 7) is 5.07. The molecule has 1 fully saturated rings. The third-order valence-corrected chi connectivity index (χ3v) is 6.16. The highest BCUT2D eigenvalue weighted by molar-refractivity contribution is 7.20. The van der Waals surface area contributed by atoms with Crippen LogP contribution < -0.4 is 10.6 Å². The molecule has 1 amide bonds. The molecule has 0 bridgehead atoms. The van der Waals surface area contributed by atoms with Crippen LogP contribution in [0.25, 0.3) is 15.9 Å². The molecule has 4 rings (SSSR count). The summed E-state index contributed by atoms with van der Waals surface area (Å²) in [6, 6.07) is 10.2. The number of benzene rings is 1. The summed E-state index contributed by atoms with van der Waals surface area (Å²) in [5.74, 6) is 0.00681. The van der Waals surface area contributed by atoms with E-state index >= 15 is 0 Å². The molecule has 0 saturated carbocycles. The molecule has 2 unspecified atom stereocenters. The first-order valence-electron chi connectivity index (χ1n) is 8.80. The Bertz CT molecular complexity index is 951. The van der Waals surface area contributed by atoms with Crippen LogP contribution in [0.4, 0.5) is 0 Å². The summed E-state index contributed by atoms with van der Waals surface area (Å²) in [4.78, 5) is 14.4. The van der Waals surface area contributed by atoms with E-state index in [1.807, 2.05) is 41.9 Å². The summed E-state index contributed by atoms with van der Waals surface area (Å²) in [5.41, 5.74) is 1.86. The fraction of sp³-hybridized carbons (Fsp3) is 0.368. The van der Waals surface area contributed by atoms with Crippen LogP contribution in [0.1, 0.15) is 35.1 Å². The van der Waals surface area contributed by atoms with Crippen LogP contribution in [0.3, 0.4) is 0 Å². The Morgan fingerprint density at radius 3 is 2.81 bits per heavy atom. The highest BCUT2D eigenvalue weighted by atomic mass is 35.5. The lowest BCUT2D eigenvalue weighted by Crippen LogP contribution is -2.46. The smallest absolute Gasteiger partial charge is 0.261 e. The Hall–Kier alpha value is -1.60. The van der Waals surface area contributed by atoms with Gasteiger partial charge in [0.25, 0.3) is 5.91 Å². The SMILES string of the molecule is Cc1nn(-c2ccc(Cl)cc2)c2sc(C(=O)NC3CCNC(C)C3)cc12.Cl. The molecule has 2 aromatic heterocycles. The Kier molecular flexibility index (Phi) is 6.11. The lowest BCUT2D eigenvalue weighted by Gasteiger charge is -2.28. The molecule has 5 nitrogen and oxygen atoms in total. The minimum atomic E-state index is 0. The Labute approximate surface area is 173 Å². The lowest BCUT2D eigenvalue weighted by molar-refractivity contribution is 0.0930. The average Bonchev–Trinajstić information content (AvgIpc) is 3.17. The molecule has 3 aromatic rings. The van der Waals surface area contributed by atoms with Gasteiger partial charge in [-0.15, -0.1) is 23.7 Å². The van der Waals surface area contributed by atoms with E-state index in [4.69, 9.17) is 11.6 Å². The molecule has 144 valence electrons. The number of aromatic nitrogens is 2. The van der Waals surface area contributed by atoms with Gasteiger partial charge in [-0.2, -0.15) is 5.10 Å². The molecular formula is C19H22Cl2N4OS. The van der Waals surface area contributed by atoms with Crippen LogP contribution in [0.15, 0.2) is 30.3 Å². The predicted molar refractivity (Wildman–Crippen MR) is 114 cm³/mol. The summed E-state index contributed by atoms with van der Waals surface area (Å²) in [5, 5.41) is 12.9. The van der Waals surface area contributed by atoms with Crippen LogP contribution in [0, 0.1) is 6.92 Å². The number of hydrogen-bond donors (Lipinski definition) is 2. The molecule has 8 heteroatoms. The van der Waals surface area contributed by atoms with Crippen molar-refractivity contribution < 1.29 is 4.79 Å². The molecule has 3 heterocycles. The fourth-order valence-corrected chi connectivity index (χ4v) is 4.65. The van der Waals surface area contributed by atoms with Gasteiger partial charge in [-0.25, -0.2) is 4.68 Å². The predicted octanol–water partition coefficient (Wildman–Crippen LogP) is 4.34. The normalized spacial score (nSPS) is 19.7. The van der Waals surface area contributed by atoms with E-state index in [2.05, 4.69) is 22.7 Å². The first kappa shape index (κ1) is 20.1. The molecule has 27 heavy (non-hydrogen) atoms. The number of carbonyl (C=O) groups is 1. The Morgan fingerprint density at radius 1 is 1.37 bits per heavy atom. The number of nitrogens with one attached hydrogen (secondary N) is 2. The highest BCUT2D eigenvalue weighted by Crippen LogP contribution is 2.31. The number of halogens is 2. The van der Waals surface area contributed by atoms with Gasteiger partial charge in [-0.05, 0) is 63.6 Å². The van der Waals surface area contributed by atoms with E-state index in [0.717, 1.165) is 45.9 Å². The van der Waals surface area contributed by atoms with Crippen molar-refractivity contribution in [2.24, 2.45) is 0 Å². The Morgan fingerprint density at radius 2 is 2.11 bits per heavy atom. The van der Waals surface area contributed by atoms with Gasteiger partial charge >= 0.3 is 0 Å². The zero-order valence-corrected chi connectivity index (χ0v) is 17.5. The summed E-state index contributed by atoms with van der Waals surface area (Å²) in [7, 11) is 0. The molecule has 1 aliphatic heterocycles. The largest absolute Gasteiger partial charge is 0.349 e. The summed E-state index contributed by atoms with van der Waals surface area (Å²) in [6.07, 6.45) is 1.94. The third kappa shape index (κ3) is 4.14. The van der Waals surface area contributed by atoms with Gasteiger partial charge < -0.3 is 10.6 Å². The number of carbonyl (C=O) groups excluding carboxylic acids is 1. The zero-order valence-electron chi connectivity index (χ0n) is 15.2. The number of aryl methyl sites for hydroxylation is 1. The van der Waals surface area contributed by atoms with Gasteiger partial charge in [0.1, 0.15) is 4.83 Å². The van der Waals surface area contributed by atoms with Crippen molar-refractivity contribution >= 4 is 51.5 Å². The maximum Gasteiger partial charge on any atom is 0.261 e. The number of fused-ring (bicyclic) bond motifs is 1. The standard InChI is InChI=1S/C19H21ClN4OS.ClH/c1-11-9-14(7-8-21-11)22-18(25)17-10-16-12(2)23-24(19(16)26-17)15-5-3-13(20)4-6-15;/h3-6,10-11,14,21H,7-9H2,1-2H3,(H,22,25);1H. The monoisotopic (exact) mass is 424 g/mol. The second kappa shape index (κ2) is 8.19. The van der Waals surface area contributed by atoms with Gasteiger partial charge in [0.05, 0.1) is 16.3 Å². The number of hydrogen-bond acceptors (Lipinski definition) is 4. The maximum absolute atomic E-state index is 12.7. The maximum atomic E-state index is 12.7. The van der Waals surface area contributed by atoms with Crippen molar-refractivity contribution in [3.63, 3.8) is 0 Å². The van der Waals surface area contributed by atoms with Crippen molar-refractivity contribution in [3.8, 4) is 5.69 Å². The van der Waals surface area contributed by atoms with Crippen LogP contribution >= 0.6 is 35.3 Å². The van der Waals surface area contributed by atoms with E-state index in [-0.39, 0.29) is 24.4 Å². The van der Waals surface area contributed by atoms with Crippen LogP contribution in [0.5, 0.6) is 0 Å². The van der Waals surface area contributed by atoms with Gasteiger partial charge in [0.2, 0.25) is 0 Å². The van der Waals surface area contributed by atoms with Crippen molar-refractivity contribution in [2.45, 2.75) is 38.8 Å². The number of piperidine rings is 1. The minimum absolute atomic E-state index is 0. The molecule has 1 saturated heterocycles. The number of thiophene rings is 1.